The summed E-state index contributed by atoms with van der Waals surface area (Å²) in [4.78, 5) is 15.0. The molecule has 1 aromatic carbocycles. The lowest BCUT2D eigenvalue weighted by Gasteiger charge is -2.25. The molecule has 132 valence electrons. The Morgan fingerprint density at radius 2 is 2.08 bits per heavy atom. The minimum absolute atomic E-state index is 0.136. The molecule has 2 heterocycles. The van der Waals surface area contributed by atoms with Crippen LogP contribution in [0, 0.1) is 5.92 Å². The molecule has 1 N–H and O–H groups in total. The van der Waals surface area contributed by atoms with Crippen molar-refractivity contribution in [2.24, 2.45) is 13.0 Å². The molecule has 2 fully saturated rings. The van der Waals surface area contributed by atoms with Gasteiger partial charge in [-0.1, -0.05) is 30.3 Å². The molecule has 0 spiro atoms. The Hall–Kier alpha value is -2.14. The molecule has 0 bridgehead atoms. The van der Waals surface area contributed by atoms with Crippen molar-refractivity contribution in [1.29, 1.82) is 0 Å². The van der Waals surface area contributed by atoms with Crippen molar-refractivity contribution in [1.82, 2.24) is 20.0 Å². The molecule has 2 aromatic rings. The molecule has 25 heavy (non-hydrogen) atoms. The molecule has 1 aliphatic carbocycles. The normalized spacial score (nSPS) is 22.0. The molecule has 5 nitrogen and oxygen atoms in total. The van der Waals surface area contributed by atoms with Gasteiger partial charge in [-0.3, -0.25) is 14.4 Å². The molecule has 1 saturated carbocycles. The van der Waals surface area contributed by atoms with Gasteiger partial charge in [0.15, 0.2) is 0 Å². The number of aryl methyl sites for hydroxylation is 1. The lowest BCUT2D eigenvalue weighted by Crippen LogP contribution is -2.39. The summed E-state index contributed by atoms with van der Waals surface area (Å²) < 4.78 is 1.84. The smallest absolute Gasteiger partial charge is 0.234 e. The third-order valence-electron chi connectivity index (χ3n) is 5.39. The number of benzene rings is 1. The van der Waals surface area contributed by atoms with Crippen LogP contribution in [0.1, 0.15) is 48.9 Å². The largest absolute Gasteiger partial charge is 0.348 e. The van der Waals surface area contributed by atoms with E-state index < -0.39 is 0 Å². The first-order valence-corrected chi connectivity index (χ1v) is 9.27. The Bertz CT molecular complexity index is 722. The molecule has 1 aliphatic heterocycles. The van der Waals surface area contributed by atoms with Gasteiger partial charge in [0, 0.05) is 24.8 Å². The number of nitrogens with one attached hydrogen (secondary N) is 1. The maximum atomic E-state index is 12.7. The quantitative estimate of drug-likeness (QED) is 0.881. The van der Waals surface area contributed by atoms with Crippen molar-refractivity contribution in [2.75, 3.05) is 13.1 Å². The molecule has 0 unspecified atom stereocenters. The zero-order valence-electron chi connectivity index (χ0n) is 14.8. The van der Waals surface area contributed by atoms with E-state index in [2.05, 4.69) is 45.8 Å². The second kappa shape index (κ2) is 7.00. The minimum atomic E-state index is 0.136. The highest BCUT2D eigenvalue weighted by Gasteiger charge is 2.34. The van der Waals surface area contributed by atoms with Gasteiger partial charge in [0.25, 0.3) is 0 Å². The summed E-state index contributed by atoms with van der Waals surface area (Å²) in [6.45, 7) is 1.45. The van der Waals surface area contributed by atoms with Crippen LogP contribution in [0.25, 0.3) is 0 Å². The van der Waals surface area contributed by atoms with Gasteiger partial charge in [-0.15, -0.1) is 0 Å². The van der Waals surface area contributed by atoms with Crippen LogP contribution in [-0.2, 0) is 11.8 Å². The monoisotopic (exact) mass is 338 g/mol. The van der Waals surface area contributed by atoms with Crippen molar-refractivity contribution in [2.45, 2.75) is 37.8 Å². The van der Waals surface area contributed by atoms with Crippen LogP contribution >= 0.6 is 0 Å². The molecule has 2 aliphatic rings. The van der Waals surface area contributed by atoms with Crippen molar-refractivity contribution < 1.29 is 4.79 Å². The Morgan fingerprint density at radius 1 is 1.28 bits per heavy atom. The summed E-state index contributed by atoms with van der Waals surface area (Å²) in [5, 5.41) is 7.58. The third kappa shape index (κ3) is 3.76. The molecule has 4 rings (SSSR count). The van der Waals surface area contributed by atoms with Crippen molar-refractivity contribution in [3.8, 4) is 0 Å². The second-order valence-electron chi connectivity index (χ2n) is 7.37. The van der Waals surface area contributed by atoms with E-state index in [1.165, 1.54) is 24.0 Å². The Morgan fingerprint density at radius 3 is 2.76 bits per heavy atom. The molecule has 5 heteroatoms. The zero-order valence-corrected chi connectivity index (χ0v) is 14.8. The molecular weight excluding hydrogens is 312 g/mol. The number of carbonyl (C=O) groups excluding carboxylic acids is 1. The lowest BCUT2D eigenvalue weighted by molar-refractivity contribution is -0.123. The summed E-state index contributed by atoms with van der Waals surface area (Å²) in [6, 6.07) is 10.8. The number of nitrogens with zero attached hydrogens (tertiary/aromatic N) is 3. The van der Waals surface area contributed by atoms with Crippen LogP contribution < -0.4 is 5.32 Å². The number of hydrogen-bond donors (Lipinski definition) is 1. The fraction of sp³-hybridized carbons (Fsp3) is 0.500. The van der Waals surface area contributed by atoms with E-state index in [4.69, 9.17) is 0 Å². The van der Waals surface area contributed by atoms with Crippen molar-refractivity contribution in [3.05, 3.63) is 53.9 Å². The summed E-state index contributed by atoms with van der Waals surface area (Å²) in [7, 11) is 1.94. The van der Waals surface area contributed by atoms with Gasteiger partial charge in [-0.05, 0) is 43.7 Å². The first-order valence-electron chi connectivity index (χ1n) is 9.27. The van der Waals surface area contributed by atoms with Gasteiger partial charge in [0.1, 0.15) is 0 Å². The van der Waals surface area contributed by atoms with E-state index in [1.54, 1.807) is 0 Å². The first-order chi connectivity index (χ1) is 12.2. The maximum Gasteiger partial charge on any atom is 0.234 e. The van der Waals surface area contributed by atoms with Crippen LogP contribution in [0.3, 0.4) is 0 Å². The minimum Gasteiger partial charge on any atom is -0.348 e. The summed E-state index contributed by atoms with van der Waals surface area (Å²) in [5.74, 6) is 0.732. The molecule has 2 atom stereocenters. The van der Waals surface area contributed by atoms with Gasteiger partial charge in [0.2, 0.25) is 5.91 Å². The van der Waals surface area contributed by atoms with Gasteiger partial charge >= 0.3 is 0 Å². The molecular formula is C20H26N4O. The Kier molecular flexibility index (Phi) is 4.57. The zero-order chi connectivity index (χ0) is 17.2. The SMILES string of the molecule is Cn1cc([C@@H]2CCCN2CC(=O)N[C@H](c2ccccc2)C2CC2)cn1. The number of likely N-dealkylation sites (tertiary alicyclic amines) is 1. The van der Waals surface area contributed by atoms with Gasteiger partial charge in [0.05, 0.1) is 18.8 Å². The first kappa shape index (κ1) is 16.3. The van der Waals surface area contributed by atoms with Gasteiger partial charge in [-0.25, -0.2) is 0 Å². The Balaban J connectivity index is 1.41. The van der Waals surface area contributed by atoms with E-state index in [-0.39, 0.29) is 11.9 Å². The number of rotatable bonds is 6. The van der Waals surface area contributed by atoms with Gasteiger partial charge in [-0.2, -0.15) is 5.10 Å². The predicted octanol–water partition coefficient (Wildman–Crippen LogP) is 2.82. The third-order valence-corrected chi connectivity index (χ3v) is 5.39. The molecule has 1 aromatic heterocycles. The van der Waals surface area contributed by atoms with E-state index in [1.807, 2.05) is 24.0 Å². The van der Waals surface area contributed by atoms with Crippen molar-refractivity contribution in [3.63, 3.8) is 0 Å². The standard InChI is InChI=1S/C20H26N4O/c1-23-13-17(12-21-23)18-8-5-11-24(18)14-19(25)22-20(16-9-10-16)15-6-3-2-4-7-15/h2-4,6-7,12-13,16,18,20H,5,8-11,14H2,1H3,(H,22,25)/t18-,20+/m0/s1. The molecule has 0 radical (unpaired) electrons. The molecule has 1 amide bonds. The number of hydrogen-bond acceptors (Lipinski definition) is 3. The topological polar surface area (TPSA) is 50.2 Å². The number of carbonyl (C=O) groups is 1. The molecule has 1 saturated heterocycles. The summed E-state index contributed by atoms with van der Waals surface area (Å²) >= 11 is 0. The summed E-state index contributed by atoms with van der Waals surface area (Å²) in [5.41, 5.74) is 2.44. The van der Waals surface area contributed by atoms with Crippen molar-refractivity contribution >= 4 is 5.91 Å². The van der Waals surface area contributed by atoms with Crippen LogP contribution in [0.15, 0.2) is 42.7 Å². The lowest BCUT2D eigenvalue weighted by atomic mass is 10.0. The highest BCUT2D eigenvalue weighted by Crippen LogP contribution is 2.41. The van der Waals surface area contributed by atoms with Crippen LogP contribution in [0.5, 0.6) is 0 Å². The predicted molar refractivity (Wildman–Crippen MR) is 96.8 cm³/mol. The van der Waals surface area contributed by atoms with Crippen LogP contribution in [0.4, 0.5) is 0 Å². The fourth-order valence-electron chi connectivity index (χ4n) is 3.97. The average molecular weight is 338 g/mol. The number of amides is 1. The van der Waals surface area contributed by atoms with Crippen LogP contribution in [-0.4, -0.2) is 33.7 Å². The second-order valence-corrected chi connectivity index (χ2v) is 7.37. The van der Waals surface area contributed by atoms with E-state index >= 15 is 0 Å². The average Bonchev–Trinajstić information content (AvgIpc) is 3.21. The highest BCUT2D eigenvalue weighted by atomic mass is 16.2. The fourth-order valence-corrected chi connectivity index (χ4v) is 3.97. The van der Waals surface area contributed by atoms with E-state index in [0.29, 0.717) is 18.5 Å². The van der Waals surface area contributed by atoms with Crippen LogP contribution in [0.2, 0.25) is 0 Å². The van der Waals surface area contributed by atoms with Gasteiger partial charge < -0.3 is 5.32 Å². The van der Waals surface area contributed by atoms with E-state index in [0.717, 1.165) is 19.4 Å². The highest BCUT2D eigenvalue weighted by molar-refractivity contribution is 5.78. The number of aromatic nitrogens is 2. The van der Waals surface area contributed by atoms with E-state index in [9.17, 15) is 4.79 Å². The Labute approximate surface area is 149 Å². The maximum absolute atomic E-state index is 12.7. The summed E-state index contributed by atoms with van der Waals surface area (Å²) in [6.07, 6.45) is 8.65.